The maximum Gasteiger partial charge on any atom is 0.204 e. The highest BCUT2D eigenvalue weighted by atomic mass is 79.9. The van der Waals surface area contributed by atoms with Crippen LogP contribution in [0.5, 0.6) is 0 Å². The Balaban J connectivity index is 2.50. The van der Waals surface area contributed by atoms with Crippen LogP contribution in [0.2, 0.25) is 0 Å². The Bertz CT molecular complexity index is 427. The van der Waals surface area contributed by atoms with E-state index in [1.165, 1.54) is 0 Å². The lowest BCUT2D eigenvalue weighted by Gasteiger charge is -2.35. The zero-order valence-corrected chi connectivity index (χ0v) is 11.1. The molecule has 0 aromatic carbocycles. The lowest BCUT2D eigenvalue weighted by Crippen LogP contribution is -2.37. The molecule has 16 heavy (non-hydrogen) atoms. The van der Waals surface area contributed by atoms with E-state index in [9.17, 15) is 0 Å². The number of hydrogen-bond donors (Lipinski definition) is 0. The second-order valence-corrected chi connectivity index (χ2v) is 4.67. The number of ether oxygens (including phenoxy) is 2. The van der Waals surface area contributed by atoms with Crippen LogP contribution in [0.4, 0.5) is 0 Å². The lowest BCUT2D eigenvalue weighted by atomic mass is 9.96. The molecule has 1 unspecified atom stereocenters. The summed E-state index contributed by atoms with van der Waals surface area (Å²) in [4.78, 5) is 4.42. The highest BCUT2D eigenvalue weighted by Gasteiger charge is 2.40. The minimum Gasteiger partial charge on any atom is -0.349 e. The van der Waals surface area contributed by atoms with E-state index in [0.717, 1.165) is 17.0 Å². The van der Waals surface area contributed by atoms with Gasteiger partial charge < -0.3 is 9.47 Å². The van der Waals surface area contributed by atoms with Gasteiger partial charge in [-0.2, -0.15) is 0 Å². The average Bonchev–Trinajstić information content (AvgIpc) is 2.30. The second kappa shape index (κ2) is 4.28. The largest absolute Gasteiger partial charge is 0.349 e. The summed E-state index contributed by atoms with van der Waals surface area (Å²) in [5, 5.41) is 0. The van der Waals surface area contributed by atoms with Crippen LogP contribution in [0.15, 0.2) is 18.2 Å². The van der Waals surface area contributed by atoms with E-state index in [-0.39, 0.29) is 4.83 Å². The number of methoxy groups -OCH3 is 2. The molecule has 0 bridgehead atoms. The summed E-state index contributed by atoms with van der Waals surface area (Å²) in [7, 11) is 3.27. The van der Waals surface area contributed by atoms with Crippen molar-refractivity contribution in [2.24, 2.45) is 0 Å². The summed E-state index contributed by atoms with van der Waals surface area (Å²) in [6, 6.07) is 4.04. The number of fused-ring (bicyclic) bond motifs is 1. The Morgan fingerprint density at radius 2 is 2.00 bits per heavy atom. The third-order valence-electron chi connectivity index (χ3n) is 2.83. The molecule has 1 heterocycles. The Labute approximate surface area is 104 Å². The van der Waals surface area contributed by atoms with Gasteiger partial charge in [0.2, 0.25) is 5.79 Å². The molecule has 1 aliphatic carbocycles. The Morgan fingerprint density at radius 3 is 2.62 bits per heavy atom. The predicted molar refractivity (Wildman–Crippen MR) is 66.4 cm³/mol. The van der Waals surface area contributed by atoms with Crippen LogP contribution in [-0.2, 0) is 9.47 Å². The van der Waals surface area contributed by atoms with Crippen LogP contribution in [0, 0.1) is 6.92 Å². The van der Waals surface area contributed by atoms with Gasteiger partial charge in [0.25, 0.3) is 0 Å². The quantitative estimate of drug-likeness (QED) is 0.618. The second-order valence-electron chi connectivity index (χ2n) is 3.75. The van der Waals surface area contributed by atoms with Gasteiger partial charge in [0, 0.05) is 19.9 Å². The van der Waals surface area contributed by atoms with Gasteiger partial charge in [0.05, 0.1) is 10.5 Å². The minimum absolute atomic E-state index is 0.0527. The molecular formula is C12H14BrNO2. The van der Waals surface area contributed by atoms with Gasteiger partial charge >= 0.3 is 0 Å². The maximum absolute atomic E-state index is 5.44. The fourth-order valence-corrected chi connectivity index (χ4v) is 2.77. The van der Waals surface area contributed by atoms with Crippen molar-refractivity contribution in [2.75, 3.05) is 14.2 Å². The Kier molecular flexibility index (Phi) is 3.15. The normalized spacial score (nSPS) is 21.9. The Hall–Kier alpha value is -0.710. The molecule has 1 aliphatic rings. The number of pyridine rings is 1. The molecule has 1 aromatic heterocycles. The summed E-state index contributed by atoms with van der Waals surface area (Å²) < 4.78 is 10.9. The number of nitrogens with zero attached hydrogens (tertiary/aromatic N) is 1. The van der Waals surface area contributed by atoms with E-state index in [2.05, 4.69) is 20.9 Å². The van der Waals surface area contributed by atoms with Crippen molar-refractivity contribution in [3.63, 3.8) is 0 Å². The van der Waals surface area contributed by atoms with Crippen LogP contribution in [-0.4, -0.2) is 25.0 Å². The van der Waals surface area contributed by atoms with Gasteiger partial charge in [-0.1, -0.05) is 22.0 Å². The number of hydrogen-bond acceptors (Lipinski definition) is 3. The van der Waals surface area contributed by atoms with E-state index < -0.39 is 5.79 Å². The third kappa shape index (κ3) is 1.71. The van der Waals surface area contributed by atoms with Crippen molar-refractivity contribution < 1.29 is 9.47 Å². The summed E-state index contributed by atoms with van der Waals surface area (Å²) >= 11 is 3.61. The van der Waals surface area contributed by atoms with E-state index in [1.807, 2.05) is 31.2 Å². The molecule has 1 aromatic rings. The number of aryl methyl sites for hydroxylation is 1. The predicted octanol–water partition coefficient (Wildman–Crippen LogP) is 2.84. The first kappa shape index (κ1) is 11.8. The van der Waals surface area contributed by atoms with Gasteiger partial charge in [0.1, 0.15) is 0 Å². The van der Waals surface area contributed by atoms with Crippen molar-refractivity contribution in [1.82, 2.24) is 4.98 Å². The monoisotopic (exact) mass is 283 g/mol. The highest BCUT2D eigenvalue weighted by Crippen LogP contribution is 2.43. The first-order chi connectivity index (χ1) is 7.63. The maximum atomic E-state index is 5.44. The van der Waals surface area contributed by atoms with Crippen molar-refractivity contribution in [3.8, 4) is 0 Å². The molecule has 0 N–H and O–H groups in total. The van der Waals surface area contributed by atoms with Gasteiger partial charge in [-0.3, -0.25) is 4.98 Å². The van der Waals surface area contributed by atoms with Crippen LogP contribution >= 0.6 is 15.9 Å². The summed E-state index contributed by atoms with van der Waals surface area (Å²) in [6.45, 7) is 1.98. The highest BCUT2D eigenvalue weighted by molar-refractivity contribution is 9.09. The zero-order valence-electron chi connectivity index (χ0n) is 9.53. The summed E-state index contributed by atoms with van der Waals surface area (Å²) in [5.41, 5.74) is 3.05. The van der Waals surface area contributed by atoms with Crippen molar-refractivity contribution in [1.29, 1.82) is 0 Å². The van der Waals surface area contributed by atoms with Gasteiger partial charge in [-0.25, -0.2) is 0 Å². The van der Waals surface area contributed by atoms with Crippen LogP contribution in [0.1, 0.15) is 21.8 Å². The number of rotatable bonds is 2. The van der Waals surface area contributed by atoms with Crippen LogP contribution in [0.3, 0.4) is 0 Å². The smallest absolute Gasteiger partial charge is 0.204 e. The minimum atomic E-state index is -0.746. The third-order valence-corrected chi connectivity index (χ3v) is 3.97. The fraction of sp³-hybridized carbons (Fsp3) is 0.417. The number of halogens is 1. The van der Waals surface area contributed by atoms with Crippen molar-refractivity contribution >= 4 is 22.0 Å². The van der Waals surface area contributed by atoms with Crippen molar-refractivity contribution in [3.05, 3.63) is 35.2 Å². The SMILES string of the molecule is COC1(OC)C=Cc2nc(C)ccc2C1Br. The molecule has 4 heteroatoms. The first-order valence-electron chi connectivity index (χ1n) is 5.04. The van der Waals surface area contributed by atoms with Crippen molar-refractivity contribution in [2.45, 2.75) is 17.5 Å². The molecule has 1 atom stereocenters. The number of aromatic nitrogens is 1. The first-order valence-corrected chi connectivity index (χ1v) is 5.95. The topological polar surface area (TPSA) is 31.4 Å². The molecule has 86 valence electrons. The van der Waals surface area contributed by atoms with E-state index >= 15 is 0 Å². The molecule has 0 radical (unpaired) electrons. The molecule has 2 rings (SSSR count). The van der Waals surface area contributed by atoms with Crippen LogP contribution < -0.4 is 0 Å². The molecule has 0 spiro atoms. The zero-order chi connectivity index (χ0) is 11.8. The van der Waals surface area contributed by atoms with Gasteiger partial charge in [-0.15, -0.1) is 0 Å². The molecular weight excluding hydrogens is 270 g/mol. The fourth-order valence-electron chi connectivity index (χ4n) is 1.86. The van der Waals surface area contributed by atoms with Crippen LogP contribution in [0.25, 0.3) is 6.08 Å². The van der Waals surface area contributed by atoms with E-state index in [1.54, 1.807) is 14.2 Å². The summed E-state index contributed by atoms with van der Waals surface area (Å²) in [6.07, 6.45) is 3.83. The average molecular weight is 284 g/mol. The van der Waals surface area contributed by atoms with E-state index in [0.29, 0.717) is 0 Å². The molecule has 0 saturated carbocycles. The molecule has 0 fully saturated rings. The van der Waals surface area contributed by atoms with Gasteiger partial charge in [0.15, 0.2) is 0 Å². The standard InChI is InChI=1S/C12H14BrNO2/c1-8-4-5-9-10(14-8)6-7-12(15-2,16-3)11(9)13/h4-7,11H,1-3H3. The molecule has 3 nitrogen and oxygen atoms in total. The van der Waals surface area contributed by atoms with E-state index in [4.69, 9.17) is 9.47 Å². The lowest BCUT2D eigenvalue weighted by molar-refractivity contribution is -0.169. The Morgan fingerprint density at radius 1 is 1.31 bits per heavy atom. The number of alkyl halides is 1. The molecule has 0 saturated heterocycles. The van der Waals surface area contributed by atoms with Gasteiger partial charge in [-0.05, 0) is 30.7 Å². The molecule has 0 aliphatic heterocycles. The molecule has 0 amide bonds. The summed E-state index contributed by atoms with van der Waals surface area (Å²) in [5.74, 6) is -0.746.